The van der Waals surface area contributed by atoms with E-state index in [-0.39, 0.29) is 47.9 Å². The zero-order valence-corrected chi connectivity index (χ0v) is 21.4. The first-order chi connectivity index (χ1) is 18.4. The number of likely N-dealkylation sites (tertiary alicyclic amines) is 1. The van der Waals surface area contributed by atoms with E-state index in [0.29, 0.717) is 38.4 Å². The minimum atomic E-state index is -1.17. The normalized spacial score (nSPS) is 20.8. The molecular formula is C27H28N4O6S. The predicted molar refractivity (Wildman–Crippen MR) is 139 cm³/mol. The Labute approximate surface area is 223 Å². The molecule has 11 heteroatoms. The minimum Gasteiger partial charge on any atom is -0.478 e. The zero-order chi connectivity index (χ0) is 26.5. The molecule has 1 aromatic heterocycles. The number of aromatic carboxylic acids is 1. The van der Waals surface area contributed by atoms with E-state index in [1.807, 2.05) is 29.1 Å². The number of carboxylic acids is 1. The van der Waals surface area contributed by atoms with Crippen molar-refractivity contribution in [3.05, 3.63) is 75.7 Å². The Morgan fingerprint density at radius 1 is 1.16 bits per heavy atom. The molecule has 2 aromatic carbocycles. The van der Waals surface area contributed by atoms with Gasteiger partial charge in [-0.2, -0.15) is 0 Å². The van der Waals surface area contributed by atoms with Crippen molar-refractivity contribution in [2.24, 2.45) is 0 Å². The number of hydrogen-bond acceptors (Lipinski definition) is 8. The van der Waals surface area contributed by atoms with Gasteiger partial charge in [0.15, 0.2) is 0 Å². The van der Waals surface area contributed by atoms with Crippen molar-refractivity contribution < 1.29 is 29.0 Å². The molecule has 0 unspecified atom stereocenters. The van der Waals surface area contributed by atoms with Gasteiger partial charge in [0.2, 0.25) is 5.91 Å². The molecule has 198 valence electrons. The van der Waals surface area contributed by atoms with Crippen LogP contribution in [0.3, 0.4) is 0 Å². The Morgan fingerprint density at radius 3 is 2.87 bits per heavy atom. The summed E-state index contributed by atoms with van der Waals surface area (Å²) < 4.78 is 12.2. The van der Waals surface area contributed by atoms with E-state index in [1.54, 1.807) is 17.4 Å². The topological polar surface area (TPSA) is 130 Å². The second kappa shape index (κ2) is 11.7. The van der Waals surface area contributed by atoms with Crippen LogP contribution in [0.5, 0.6) is 11.5 Å². The average Bonchev–Trinajstić information content (AvgIpc) is 3.54. The van der Waals surface area contributed by atoms with E-state index in [4.69, 9.17) is 9.47 Å². The molecule has 1 saturated heterocycles. The van der Waals surface area contributed by atoms with Gasteiger partial charge in [0.05, 0.1) is 35.5 Å². The minimum absolute atomic E-state index is 0.0598. The standard InChI is InChI=1S/C27H28N4O6S/c32-25-5-2-6-28-26(33)18-8-19(27(34)35)10-22(9-18)37-21-4-1-3-17(7-21)14-36-24-13-31(12-23(24)30-25)11-20-15-38-16-29-20/h1,3-4,7-10,15-16,23-24H,2,5-6,11-14H2,(H,28,33)(H,30,32)(H,34,35)/t23-,24-/m0/s1. The van der Waals surface area contributed by atoms with Crippen LogP contribution in [-0.4, -0.2) is 64.6 Å². The van der Waals surface area contributed by atoms with Gasteiger partial charge in [0, 0.05) is 43.5 Å². The Bertz CT molecular complexity index is 1310. The highest BCUT2D eigenvalue weighted by atomic mass is 32.1. The first-order valence-corrected chi connectivity index (χ1v) is 13.3. The Hall–Kier alpha value is -3.80. The summed E-state index contributed by atoms with van der Waals surface area (Å²) in [6.07, 6.45) is 0.460. The summed E-state index contributed by atoms with van der Waals surface area (Å²) in [7, 11) is 0. The van der Waals surface area contributed by atoms with Crippen LogP contribution < -0.4 is 15.4 Å². The van der Waals surface area contributed by atoms with Gasteiger partial charge in [-0.3, -0.25) is 14.5 Å². The van der Waals surface area contributed by atoms with Crippen molar-refractivity contribution in [2.45, 2.75) is 38.1 Å². The zero-order valence-electron chi connectivity index (χ0n) is 20.6. The molecule has 0 saturated carbocycles. The van der Waals surface area contributed by atoms with Gasteiger partial charge in [-0.15, -0.1) is 11.3 Å². The fraction of sp³-hybridized carbons (Fsp3) is 0.333. The van der Waals surface area contributed by atoms with E-state index in [1.165, 1.54) is 18.2 Å². The first kappa shape index (κ1) is 25.8. The second-order valence-corrected chi connectivity index (χ2v) is 10.1. The van der Waals surface area contributed by atoms with Crippen LogP contribution in [0.15, 0.2) is 53.4 Å². The third-order valence-electron chi connectivity index (χ3n) is 6.44. The van der Waals surface area contributed by atoms with E-state index in [0.717, 1.165) is 11.3 Å². The van der Waals surface area contributed by atoms with Crippen molar-refractivity contribution in [3.63, 3.8) is 0 Å². The quantitative estimate of drug-likeness (QED) is 0.466. The Kier molecular flexibility index (Phi) is 7.97. The third kappa shape index (κ3) is 6.55. The molecule has 1 fully saturated rings. The van der Waals surface area contributed by atoms with Gasteiger partial charge < -0.3 is 25.2 Å². The van der Waals surface area contributed by atoms with E-state index < -0.39 is 11.9 Å². The molecule has 5 rings (SSSR count). The van der Waals surface area contributed by atoms with Crippen LogP contribution in [0.1, 0.15) is 44.8 Å². The molecule has 2 amide bonds. The predicted octanol–water partition coefficient (Wildman–Crippen LogP) is 3.04. The van der Waals surface area contributed by atoms with Crippen molar-refractivity contribution in [2.75, 3.05) is 19.6 Å². The number of nitrogens with zero attached hydrogens (tertiary/aromatic N) is 2. The van der Waals surface area contributed by atoms with Crippen molar-refractivity contribution in [1.82, 2.24) is 20.5 Å². The molecule has 0 aliphatic carbocycles. The lowest BCUT2D eigenvalue weighted by molar-refractivity contribution is -0.122. The van der Waals surface area contributed by atoms with Gasteiger partial charge >= 0.3 is 5.97 Å². The lowest BCUT2D eigenvalue weighted by atomic mass is 10.1. The maximum Gasteiger partial charge on any atom is 0.335 e. The number of benzene rings is 2. The van der Waals surface area contributed by atoms with E-state index in [2.05, 4.69) is 20.5 Å². The maximum absolute atomic E-state index is 12.7. The number of ether oxygens (including phenoxy) is 2. The molecule has 2 aliphatic heterocycles. The molecule has 0 spiro atoms. The summed E-state index contributed by atoms with van der Waals surface area (Å²) in [5.74, 6) is -0.986. The number of amides is 2. The lowest BCUT2D eigenvalue weighted by Crippen LogP contribution is -2.44. The molecular weight excluding hydrogens is 508 g/mol. The molecule has 0 radical (unpaired) electrons. The molecule has 3 heterocycles. The van der Waals surface area contributed by atoms with Gasteiger partial charge in [-0.1, -0.05) is 12.1 Å². The highest BCUT2D eigenvalue weighted by Crippen LogP contribution is 2.26. The molecule has 3 aromatic rings. The second-order valence-electron chi connectivity index (χ2n) is 9.36. The Balaban J connectivity index is 1.38. The van der Waals surface area contributed by atoms with Crippen molar-refractivity contribution in [3.8, 4) is 11.5 Å². The fourth-order valence-electron chi connectivity index (χ4n) is 4.62. The monoisotopic (exact) mass is 536 g/mol. The number of carbonyl (C=O) groups excluding carboxylic acids is 2. The van der Waals surface area contributed by atoms with E-state index in [9.17, 15) is 19.5 Å². The van der Waals surface area contributed by atoms with E-state index >= 15 is 0 Å². The molecule has 2 aliphatic rings. The first-order valence-electron chi connectivity index (χ1n) is 12.4. The molecule has 4 bridgehead atoms. The summed E-state index contributed by atoms with van der Waals surface area (Å²) in [6.45, 7) is 2.56. The van der Waals surface area contributed by atoms with Crippen LogP contribution in [-0.2, 0) is 22.7 Å². The SMILES string of the molecule is O=C1CCCNC(=O)c2cc(cc(C(=O)O)c2)Oc2cccc(c2)CO[C@H]2CN(Cc3cscn3)C[C@@H]2N1. The van der Waals surface area contributed by atoms with Gasteiger partial charge in [-0.25, -0.2) is 9.78 Å². The van der Waals surface area contributed by atoms with Crippen LogP contribution in [0.2, 0.25) is 0 Å². The lowest BCUT2D eigenvalue weighted by Gasteiger charge is -2.21. The van der Waals surface area contributed by atoms with Gasteiger partial charge in [0.1, 0.15) is 11.5 Å². The highest BCUT2D eigenvalue weighted by Gasteiger charge is 2.34. The van der Waals surface area contributed by atoms with Crippen LogP contribution in [0.25, 0.3) is 0 Å². The van der Waals surface area contributed by atoms with Gasteiger partial charge in [0.25, 0.3) is 5.91 Å². The molecule has 3 N–H and O–H groups in total. The third-order valence-corrected chi connectivity index (χ3v) is 7.07. The number of rotatable bonds is 3. The maximum atomic E-state index is 12.7. The van der Waals surface area contributed by atoms with Crippen LogP contribution >= 0.6 is 11.3 Å². The van der Waals surface area contributed by atoms with Crippen LogP contribution in [0, 0.1) is 0 Å². The number of carbonyl (C=O) groups is 3. The van der Waals surface area contributed by atoms with Gasteiger partial charge in [-0.05, 0) is 42.3 Å². The number of hydrogen-bond donors (Lipinski definition) is 3. The van der Waals surface area contributed by atoms with Crippen molar-refractivity contribution in [1.29, 1.82) is 0 Å². The number of nitrogens with one attached hydrogen (secondary N) is 2. The highest BCUT2D eigenvalue weighted by molar-refractivity contribution is 7.07. The summed E-state index contributed by atoms with van der Waals surface area (Å²) in [5, 5.41) is 17.4. The molecule has 2 atom stereocenters. The summed E-state index contributed by atoms with van der Waals surface area (Å²) in [6, 6.07) is 11.3. The molecule has 10 nitrogen and oxygen atoms in total. The summed E-state index contributed by atoms with van der Waals surface area (Å²) in [4.78, 5) is 43.7. The molecule has 38 heavy (non-hydrogen) atoms. The number of fused-ring (bicyclic) bond motifs is 5. The Morgan fingerprint density at radius 2 is 2.05 bits per heavy atom. The average molecular weight is 537 g/mol. The largest absolute Gasteiger partial charge is 0.478 e. The number of thiazole rings is 1. The smallest absolute Gasteiger partial charge is 0.335 e. The van der Waals surface area contributed by atoms with Crippen LogP contribution in [0.4, 0.5) is 0 Å². The summed E-state index contributed by atoms with van der Waals surface area (Å²) in [5.41, 5.74) is 3.76. The fourth-order valence-corrected chi connectivity index (χ4v) is 5.17. The number of aromatic nitrogens is 1. The summed E-state index contributed by atoms with van der Waals surface area (Å²) >= 11 is 1.55. The number of carboxylic acid groups (broad SMARTS) is 1. The van der Waals surface area contributed by atoms with Crippen molar-refractivity contribution >= 4 is 29.1 Å².